The summed E-state index contributed by atoms with van der Waals surface area (Å²) < 4.78 is 27.2. The summed E-state index contributed by atoms with van der Waals surface area (Å²) in [4.78, 5) is 23.2. The van der Waals surface area contributed by atoms with Crippen LogP contribution >= 0.6 is 23.4 Å². The number of nitrogens with one attached hydrogen (secondary N) is 1. The fourth-order valence-corrected chi connectivity index (χ4v) is 5.75. The molecule has 1 heterocycles. The van der Waals surface area contributed by atoms with Crippen molar-refractivity contribution >= 4 is 50.7 Å². The smallest absolute Gasteiger partial charge is 0.269 e. The van der Waals surface area contributed by atoms with Crippen molar-refractivity contribution in [2.45, 2.75) is 29.1 Å². The molecule has 0 atom stereocenters. The van der Waals surface area contributed by atoms with Gasteiger partial charge in [0.05, 0.1) is 15.7 Å². The number of benzene rings is 2. The summed E-state index contributed by atoms with van der Waals surface area (Å²) in [6.45, 7) is 0.919. The second-order valence-corrected chi connectivity index (χ2v) is 10.1. The average Bonchev–Trinajstić information content (AvgIpc) is 2.74. The van der Waals surface area contributed by atoms with E-state index in [0.717, 1.165) is 19.3 Å². The normalized spacial score (nSPS) is 15.0. The Morgan fingerprint density at radius 1 is 1.13 bits per heavy atom. The number of sulfonamides is 1. The highest BCUT2D eigenvalue weighted by Crippen LogP contribution is 2.29. The van der Waals surface area contributed by atoms with Crippen molar-refractivity contribution in [2.24, 2.45) is 0 Å². The topological polar surface area (TPSA) is 110 Å². The van der Waals surface area contributed by atoms with E-state index in [1.807, 2.05) is 0 Å². The largest absolute Gasteiger partial charge is 0.325 e. The Balaban J connectivity index is 1.65. The molecule has 1 fully saturated rings. The van der Waals surface area contributed by atoms with Crippen LogP contribution in [0.2, 0.25) is 5.02 Å². The highest BCUT2D eigenvalue weighted by molar-refractivity contribution is 8.00. The number of nitro groups is 1. The Kier molecular flexibility index (Phi) is 7.35. The Morgan fingerprint density at radius 2 is 1.80 bits per heavy atom. The molecule has 2 aromatic rings. The van der Waals surface area contributed by atoms with Crippen molar-refractivity contribution in [3.63, 3.8) is 0 Å². The van der Waals surface area contributed by atoms with E-state index in [9.17, 15) is 23.3 Å². The number of carbonyl (C=O) groups excluding carboxylic acids is 1. The predicted molar refractivity (Wildman–Crippen MR) is 117 cm³/mol. The van der Waals surface area contributed by atoms with Crippen molar-refractivity contribution in [2.75, 3.05) is 24.2 Å². The molecular weight excluding hydrogens is 450 g/mol. The van der Waals surface area contributed by atoms with Crippen LogP contribution in [-0.4, -0.2) is 42.4 Å². The van der Waals surface area contributed by atoms with Gasteiger partial charge in [-0.2, -0.15) is 4.31 Å². The lowest BCUT2D eigenvalue weighted by molar-refractivity contribution is -0.384. The number of thioether (sulfide) groups is 1. The van der Waals surface area contributed by atoms with Gasteiger partial charge in [0, 0.05) is 35.8 Å². The van der Waals surface area contributed by atoms with E-state index >= 15 is 0 Å². The highest BCUT2D eigenvalue weighted by Gasteiger charge is 2.28. The molecule has 11 heteroatoms. The molecule has 2 aromatic carbocycles. The van der Waals surface area contributed by atoms with Crippen LogP contribution in [0.4, 0.5) is 11.4 Å². The Morgan fingerprint density at radius 3 is 2.43 bits per heavy atom. The van der Waals surface area contributed by atoms with Gasteiger partial charge in [-0.3, -0.25) is 14.9 Å². The van der Waals surface area contributed by atoms with Crippen LogP contribution in [0.15, 0.2) is 52.3 Å². The Labute approximate surface area is 183 Å². The van der Waals surface area contributed by atoms with Gasteiger partial charge in [0.2, 0.25) is 15.9 Å². The van der Waals surface area contributed by atoms with Crippen LogP contribution in [0.1, 0.15) is 19.3 Å². The van der Waals surface area contributed by atoms with Gasteiger partial charge in [-0.25, -0.2) is 8.42 Å². The van der Waals surface area contributed by atoms with Crippen LogP contribution in [0.25, 0.3) is 0 Å². The number of anilines is 1. The molecule has 0 spiro atoms. The minimum atomic E-state index is -3.73. The molecule has 0 aliphatic carbocycles. The van der Waals surface area contributed by atoms with Gasteiger partial charge in [-0.1, -0.05) is 18.0 Å². The van der Waals surface area contributed by atoms with Crippen molar-refractivity contribution < 1.29 is 18.1 Å². The molecule has 1 N–H and O–H groups in total. The van der Waals surface area contributed by atoms with Gasteiger partial charge in [0.25, 0.3) is 5.69 Å². The molecule has 1 aliphatic rings. The summed E-state index contributed by atoms with van der Waals surface area (Å²) in [5, 5.41) is 13.5. The molecule has 0 saturated carbocycles. The first-order valence-corrected chi connectivity index (χ1v) is 12.0. The lowest BCUT2D eigenvalue weighted by Crippen LogP contribution is -2.35. The van der Waals surface area contributed by atoms with E-state index in [1.165, 1.54) is 40.3 Å². The van der Waals surface area contributed by atoms with Gasteiger partial charge in [0.15, 0.2) is 0 Å². The van der Waals surface area contributed by atoms with Crippen molar-refractivity contribution in [3.05, 3.63) is 57.6 Å². The molecular formula is C19H20ClN3O5S2. The van der Waals surface area contributed by atoms with Gasteiger partial charge in [0.1, 0.15) is 4.90 Å². The molecule has 3 rings (SSSR count). The van der Waals surface area contributed by atoms with Crippen LogP contribution in [0, 0.1) is 10.1 Å². The summed E-state index contributed by atoms with van der Waals surface area (Å²) in [6, 6.07) is 10.3. The fourth-order valence-electron chi connectivity index (χ4n) is 3.03. The molecule has 30 heavy (non-hydrogen) atoms. The Bertz CT molecular complexity index is 1040. The van der Waals surface area contributed by atoms with E-state index in [2.05, 4.69) is 5.32 Å². The lowest BCUT2D eigenvalue weighted by atomic mass is 10.2. The molecule has 8 nitrogen and oxygen atoms in total. The molecule has 0 unspecified atom stereocenters. The van der Waals surface area contributed by atoms with Crippen LogP contribution < -0.4 is 5.32 Å². The predicted octanol–water partition coefficient (Wildman–Crippen LogP) is 4.15. The zero-order chi connectivity index (χ0) is 21.7. The molecule has 1 amide bonds. The summed E-state index contributed by atoms with van der Waals surface area (Å²) >= 11 is 7.36. The lowest BCUT2D eigenvalue weighted by Gasteiger charge is -2.26. The first-order chi connectivity index (χ1) is 14.3. The summed E-state index contributed by atoms with van der Waals surface area (Å²) in [5.41, 5.74) is 0.316. The van der Waals surface area contributed by atoms with Crippen LogP contribution in [0.3, 0.4) is 0 Å². The van der Waals surface area contributed by atoms with E-state index in [1.54, 1.807) is 18.2 Å². The highest BCUT2D eigenvalue weighted by atomic mass is 35.5. The average molecular weight is 470 g/mol. The van der Waals surface area contributed by atoms with Crippen LogP contribution in [-0.2, 0) is 14.8 Å². The van der Waals surface area contributed by atoms with Gasteiger partial charge in [-0.05, 0) is 43.2 Å². The number of piperidine rings is 1. The maximum atomic E-state index is 12.9. The number of hydrogen-bond acceptors (Lipinski definition) is 6. The van der Waals surface area contributed by atoms with Crippen molar-refractivity contribution in [1.29, 1.82) is 0 Å². The molecule has 1 aliphatic heterocycles. The monoisotopic (exact) mass is 469 g/mol. The molecule has 1 saturated heterocycles. The van der Waals surface area contributed by atoms with E-state index < -0.39 is 14.9 Å². The van der Waals surface area contributed by atoms with E-state index in [-0.39, 0.29) is 27.3 Å². The molecule has 0 bridgehead atoms. The number of non-ortho nitro benzene ring substituents is 1. The number of nitro benzene ring substituents is 1. The third-order valence-corrected chi connectivity index (χ3v) is 7.96. The maximum Gasteiger partial charge on any atom is 0.269 e. The van der Waals surface area contributed by atoms with Crippen molar-refractivity contribution in [1.82, 2.24) is 4.31 Å². The quantitative estimate of drug-likeness (QED) is 0.370. The number of hydrogen-bond donors (Lipinski definition) is 1. The van der Waals surface area contributed by atoms with Crippen molar-refractivity contribution in [3.8, 4) is 0 Å². The zero-order valence-electron chi connectivity index (χ0n) is 15.9. The Hall–Kier alpha value is -2.14. The second kappa shape index (κ2) is 9.78. The SMILES string of the molecule is O=C(CSc1ccc([N+](=O)[O-])cc1)Nc1ccc(Cl)c(S(=O)(=O)N2CCCCC2)c1. The zero-order valence-corrected chi connectivity index (χ0v) is 18.3. The molecule has 0 radical (unpaired) electrons. The minimum absolute atomic E-state index is 0.0209. The first-order valence-electron chi connectivity index (χ1n) is 9.24. The molecule has 0 aromatic heterocycles. The third kappa shape index (κ3) is 5.51. The number of amides is 1. The molecule has 160 valence electrons. The summed E-state index contributed by atoms with van der Waals surface area (Å²) in [6.07, 6.45) is 2.63. The summed E-state index contributed by atoms with van der Waals surface area (Å²) in [5.74, 6) is -0.267. The minimum Gasteiger partial charge on any atom is -0.325 e. The first kappa shape index (κ1) is 22.5. The standard InChI is InChI=1S/C19H20ClN3O5S2/c20-17-9-4-14(12-18(17)30(27,28)22-10-2-1-3-11-22)21-19(24)13-29-16-7-5-15(6-8-16)23(25)26/h4-9,12H,1-3,10-11,13H2,(H,21,24). The second-order valence-electron chi connectivity index (χ2n) is 6.70. The van der Waals surface area contributed by atoms with Gasteiger partial charge >= 0.3 is 0 Å². The van der Waals surface area contributed by atoms with E-state index in [0.29, 0.717) is 23.7 Å². The van der Waals surface area contributed by atoms with Crippen LogP contribution in [0.5, 0.6) is 0 Å². The third-order valence-electron chi connectivity index (χ3n) is 4.57. The van der Waals surface area contributed by atoms with Gasteiger partial charge < -0.3 is 5.32 Å². The fraction of sp³-hybridized carbons (Fsp3) is 0.316. The maximum absolute atomic E-state index is 12.9. The van der Waals surface area contributed by atoms with Gasteiger partial charge in [-0.15, -0.1) is 11.8 Å². The van der Waals surface area contributed by atoms with E-state index in [4.69, 9.17) is 11.6 Å². The number of rotatable bonds is 7. The number of nitrogens with zero attached hydrogens (tertiary/aromatic N) is 2. The number of carbonyl (C=O) groups is 1. The summed E-state index contributed by atoms with van der Waals surface area (Å²) in [7, 11) is -3.73. The number of halogens is 1.